The number of esters is 1. The molecule has 0 aromatic heterocycles. The molecule has 4 nitrogen and oxygen atoms in total. The lowest BCUT2D eigenvalue weighted by Gasteiger charge is -2.32. The van der Waals surface area contributed by atoms with Gasteiger partial charge in [-0.05, 0) is 19.0 Å². The molecular formula is C15H23NO3. The average molecular weight is 265 g/mol. The summed E-state index contributed by atoms with van der Waals surface area (Å²) in [7, 11) is 1.63. The Balaban J connectivity index is 3.14. The van der Waals surface area contributed by atoms with Crippen LogP contribution >= 0.6 is 0 Å². The van der Waals surface area contributed by atoms with Crippen molar-refractivity contribution in [3.05, 3.63) is 35.9 Å². The summed E-state index contributed by atoms with van der Waals surface area (Å²) in [4.78, 5) is 12.4. The van der Waals surface area contributed by atoms with Gasteiger partial charge in [0.2, 0.25) is 0 Å². The van der Waals surface area contributed by atoms with Crippen LogP contribution in [0.3, 0.4) is 0 Å². The zero-order chi connectivity index (χ0) is 14.1. The number of hydrogen-bond donors (Lipinski definition) is 1. The highest BCUT2D eigenvalue weighted by atomic mass is 16.5. The normalized spacial score (nSPS) is 13.8. The van der Waals surface area contributed by atoms with Gasteiger partial charge in [-0.15, -0.1) is 0 Å². The fraction of sp³-hybridized carbons (Fsp3) is 0.533. The van der Waals surface area contributed by atoms with Crippen molar-refractivity contribution in [3.8, 4) is 0 Å². The van der Waals surface area contributed by atoms with Crippen LogP contribution in [-0.4, -0.2) is 32.8 Å². The van der Waals surface area contributed by atoms with E-state index in [1.54, 1.807) is 7.11 Å². The highest BCUT2D eigenvalue weighted by Crippen LogP contribution is 2.27. The predicted octanol–water partition coefficient (Wildman–Crippen LogP) is 2.09. The van der Waals surface area contributed by atoms with Crippen molar-refractivity contribution in [2.75, 3.05) is 26.9 Å². The second kappa shape index (κ2) is 7.92. The lowest BCUT2D eigenvalue weighted by molar-refractivity contribution is -0.152. The number of rotatable bonds is 8. The minimum atomic E-state index is -0.831. The Hall–Kier alpha value is -1.39. The number of nitrogens with one attached hydrogen (secondary N) is 1. The summed E-state index contributed by atoms with van der Waals surface area (Å²) in [5, 5.41) is 3.28. The molecule has 1 atom stereocenters. The monoisotopic (exact) mass is 265 g/mol. The van der Waals surface area contributed by atoms with E-state index in [0.29, 0.717) is 26.2 Å². The van der Waals surface area contributed by atoms with E-state index in [2.05, 4.69) is 5.32 Å². The molecule has 0 saturated carbocycles. The summed E-state index contributed by atoms with van der Waals surface area (Å²) < 4.78 is 10.4. The zero-order valence-electron chi connectivity index (χ0n) is 11.9. The molecule has 1 N–H and O–H groups in total. The van der Waals surface area contributed by atoms with Gasteiger partial charge in [0, 0.05) is 20.1 Å². The summed E-state index contributed by atoms with van der Waals surface area (Å²) >= 11 is 0. The summed E-state index contributed by atoms with van der Waals surface area (Å²) in [6.45, 7) is 5.32. The Morgan fingerprint density at radius 2 is 1.95 bits per heavy atom. The van der Waals surface area contributed by atoms with E-state index in [1.165, 1.54) is 0 Å². The lowest BCUT2D eigenvalue weighted by atomic mass is 9.86. The highest BCUT2D eigenvalue weighted by Gasteiger charge is 2.40. The van der Waals surface area contributed by atoms with Gasteiger partial charge in [0.15, 0.2) is 0 Å². The molecule has 106 valence electrons. The summed E-state index contributed by atoms with van der Waals surface area (Å²) in [5.74, 6) is -0.250. The number of carbonyl (C=O) groups is 1. The minimum absolute atomic E-state index is 0.250. The van der Waals surface area contributed by atoms with Crippen molar-refractivity contribution in [3.63, 3.8) is 0 Å². The Bertz CT molecular complexity index is 380. The van der Waals surface area contributed by atoms with Gasteiger partial charge < -0.3 is 9.47 Å². The topological polar surface area (TPSA) is 47.6 Å². The molecule has 0 aliphatic carbocycles. The highest BCUT2D eigenvalue weighted by molar-refractivity contribution is 5.82. The number of carbonyl (C=O) groups excluding carboxylic acids is 1. The zero-order valence-corrected chi connectivity index (χ0v) is 11.9. The number of ether oxygens (including phenoxy) is 2. The van der Waals surface area contributed by atoms with Gasteiger partial charge >= 0.3 is 5.97 Å². The third-order valence-electron chi connectivity index (χ3n) is 3.05. The number of likely N-dealkylation sites (N-methyl/N-ethyl adjacent to an activating group) is 1. The molecule has 0 fully saturated rings. The van der Waals surface area contributed by atoms with Gasteiger partial charge in [-0.1, -0.05) is 37.3 Å². The molecule has 0 bridgehead atoms. The van der Waals surface area contributed by atoms with E-state index in [4.69, 9.17) is 9.47 Å². The summed E-state index contributed by atoms with van der Waals surface area (Å²) in [6.07, 6.45) is 0.542. The van der Waals surface area contributed by atoms with Crippen LogP contribution in [0, 0.1) is 0 Å². The molecule has 0 aliphatic rings. The Kier molecular flexibility index (Phi) is 6.53. The van der Waals surface area contributed by atoms with Crippen molar-refractivity contribution in [1.82, 2.24) is 5.32 Å². The number of methoxy groups -OCH3 is 1. The standard InChI is InChI=1S/C15H23NO3/c1-4-16-15(11-12-18-3,14(17)19-5-2)13-9-7-6-8-10-13/h6-10,16H,4-5,11-12H2,1-3H3. The fourth-order valence-electron chi connectivity index (χ4n) is 2.16. The molecular weight excluding hydrogens is 242 g/mol. The molecule has 0 radical (unpaired) electrons. The van der Waals surface area contributed by atoms with Crippen LogP contribution in [0.4, 0.5) is 0 Å². The molecule has 1 aromatic carbocycles. The van der Waals surface area contributed by atoms with E-state index in [-0.39, 0.29) is 5.97 Å². The van der Waals surface area contributed by atoms with E-state index in [9.17, 15) is 4.79 Å². The van der Waals surface area contributed by atoms with Crippen LogP contribution in [0.1, 0.15) is 25.8 Å². The van der Waals surface area contributed by atoms with Gasteiger partial charge in [-0.25, -0.2) is 4.79 Å². The molecule has 0 spiro atoms. The Labute approximate surface area is 115 Å². The maximum atomic E-state index is 12.4. The average Bonchev–Trinajstić information content (AvgIpc) is 2.44. The molecule has 0 heterocycles. The second-order valence-corrected chi connectivity index (χ2v) is 4.26. The quantitative estimate of drug-likeness (QED) is 0.731. The fourth-order valence-corrected chi connectivity index (χ4v) is 2.16. The van der Waals surface area contributed by atoms with E-state index < -0.39 is 5.54 Å². The number of hydrogen-bond acceptors (Lipinski definition) is 4. The predicted molar refractivity (Wildman–Crippen MR) is 74.9 cm³/mol. The van der Waals surface area contributed by atoms with Crippen molar-refractivity contribution >= 4 is 5.97 Å². The minimum Gasteiger partial charge on any atom is -0.464 e. The van der Waals surface area contributed by atoms with Crippen LogP contribution < -0.4 is 5.32 Å². The van der Waals surface area contributed by atoms with Gasteiger partial charge in [0.05, 0.1) is 6.61 Å². The first-order valence-corrected chi connectivity index (χ1v) is 6.68. The van der Waals surface area contributed by atoms with Crippen molar-refractivity contribution in [2.45, 2.75) is 25.8 Å². The Morgan fingerprint density at radius 3 is 2.47 bits per heavy atom. The van der Waals surface area contributed by atoms with Crippen molar-refractivity contribution in [1.29, 1.82) is 0 Å². The van der Waals surface area contributed by atoms with Crippen LogP contribution in [0.5, 0.6) is 0 Å². The maximum Gasteiger partial charge on any atom is 0.331 e. The van der Waals surface area contributed by atoms with E-state index in [0.717, 1.165) is 5.56 Å². The number of benzene rings is 1. The third-order valence-corrected chi connectivity index (χ3v) is 3.05. The molecule has 1 unspecified atom stereocenters. The third kappa shape index (κ3) is 3.78. The molecule has 4 heteroatoms. The largest absolute Gasteiger partial charge is 0.464 e. The summed E-state index contributed by atoms with van der Waals surface area (Å²) in [5.41, 5.74) is 0.0783. The molecule has 19 heavy (non-hydrogen) atoms. The smallest absolute Gasteiger partial charge is 0.331 e. The maximum absolute atomic E-state index is 12.4. The molecule has 1 rings (SSSR count). The lowest BCUT2D eigenvalue weighted by Crippen LogP contribution is -2.51. The van der Waals surface area contributed by atoms with Crippen molar-refractivity contribution in [2.24, 2.45) is 0 Å². The summed E-state index contributed by atoms with van der Waals surface area (Å²) in [6, 6.07) is 9.66. The molecule has 0 aliphatic heterocycles. The molecule has 0 saturated heterocycles. The van der Waals surface area contributed by atoms with Crippen molar-refractivity contribution < 1.29 is 14.3 Å². The van der Waals surface area contributed by atoms with Gasteiger partial charge in [0.1, 0.15) is 5.54 Å². The first-order valence-electron chi connectivity index (χ1n) is 6.68. The van der Waals surface area contributed by atoms with E-state index >= 15 is 0 Å². The first kappa shape index (κ1) is 15.7. The van der Waals surface area contributed by atoms with Gasteiger partial charge in [0.25, 0.3) is 0 Å². The van der Waals surface area contributed by atoms with E-state index in [1.807, 2.05) is 44.2 Å². The Morgan fingerprint density at radius 1 is 1.26 bits per heavy atom. The van der Waals surface area contributed by atoms with Gasteiger partial charge in [-0.2, -0.15) is 0 Å². The second-order valence-electron chi connectivity index (χ2n) is 4.26. The molecule has 1 aromatic rings. The SMILES string of the molecule is CCNC(CCOC)(C(=O)OCC)c1ccccc1. The van der Waals surface area contributed by atoms with Crippen LogP contribution in [0.25, 0.3) is 0 Å². The first-order chi connectivity index (χ1) is 9.21. The van der Waals surface area contributed by atoms with Crippen LogP contribution in [-0.2, 0) is 19.8 Å². The van der Waals surface area contributed by atoms with Crippen LogP contribution in [0.15, 0.2) is 30.3 Å². The van der Waals surface area contributed by atoms with Crippen LogP contribution in [0.2, 0.25) is 0 Å². The van der Waals surface area contributed by atoms with Gasteiger partial charge in [-0.3, -0.25) is 5.32 Å². The molecule has 0 amide bonds.